The number of amides is 2. The monoisotopic (exact) mass is 408 g/mol. The van der Waals surface area contributed by atoms with E-state index in [9.17, 15) is 9.59 Å². The van der Waals surface area contributed by atoms with Gasteiger partial charge in [-0.05, 0) is 62.1 Å². The quantitative estimate of drug-likeness (QED) is 0.771. The predicted molar refractivity (Wildman–Crippen MR) is 122 cm³/mol. The Labute approximate surface area is 179 Å². The van der Waals surface area contributed by atoms with Gasteiger partial charge in [-0.3, -0.25) is 19.4 Å². The highest BCUT2D eigenvalue weighted by molar-refractivity contribution is 5.93. The van der Waals surface area contributed by atoms with Crippen molar-refractivity contribution in [3.05, 3.63) is 58.7 Å². The summed E-state index contributed by atoms with van der Waals surface area (Å²) in [4.78, 5) is 29.1. The normalized spacial score (nSPS) is 15.1. The number of hydrogen-bond acceptors (Lipinski definition) is 4. The van der Waals surface area contributed by atoms with Crippen LogP contribution < -0.4 is 10.6 Å². The highest BCUT2D eigenvalue weighted by Gasteiger charge is 2.21. The van der Waals surface area contributed by atoms with Crippen LogP contribution in [0.1, 0.15) is 22.3 Å². The summed E-state index contributed by atoms with van der Waals surface area (Å²) in [6.07, 6.45) is 0. The van der Waals surface area contributed by atoms with Gasteiger partial charge in [-0.25, -0.2) is 0 Å². The summed E-state index contributed by atoms with van der Waals surface area (Å²) in [5.74, 6) is 0.00892. The highest BCUT2D eigenvalue weighted by atomic mass is 16.2. The molecule has 0 saturated carbocycles. The van der Waals surface area contributed by atoms with Crippen LogP contribution in [0.5, 0.6) is 0 Å². The first kappa shape index (κ1) is 22.0. The summed E-state index contributed by atoms with van der Waals surface area (Å²) >= 11 is 0. The Bertz CT molecular complexity index is 891. The third-order valence-corrected chi connectivity index (χ3v) is 5.75. The van der Waals surface area contributed by atoms with E-state index in [1.807, 2.05) is 64.1 Å². The Morgan fingerprint density at radius 2 is 1.33 bits per heavy atom. The molecule has 0 spiro atoms. The van der Waals surface area contributed by atoms with Gasteiger partial charge >= 0.3 is 0 Å². The Balaban J connectivity index is 1.43. The maximum atomic E-state index is 12.4. The molecule has 1 saturated heterocycles. The van der Waals surface area contributed by atoms with Crippen molar-refractivity contribution >= 4 is 23.2 Å². The summed E-state index contributed by atoms with van der Waals surface area (Å²) < 4.78 is 0. The molecule has 160 valence electrons. The van der Waals surface area contributed by atoms with E-state index in [1.165, 1.54) is 5.56 Å². The van der Waals surface area contributed by atoms with Gasteiger partial charge in [-0.1, -0.05) is 24.3 Å². The zero-order valence-electron chi connectivity index (χ0n) is 18.4. The average Bonchev–Trinajstić information content (AvgIpc) is 2.70. The number of benzene rings is 2. The van der Waals surface area contributed by atoms with Gasteiger partial charge in [0.1, 0.15) is 0 Å². The van der Waals surface area contributed by atoms with Gasteiger partial charge < -0.3 is 10.6 Å². The molecule has 2 N–H and O–H groups in total. The van der Waals surface area contributed by atoms with Gasteiger partial charge in [-0.15, -0.1) is 0 Å². The standard InChI is InChI=1S/C24H32N4O2/c1-17-8-9-19(3)22(14-17)26-24(30)16-28-12-10-27(11-13-28)15-23(29)25-21-7-5-6-18(2)20(21)4/h5-9,14H,10-13,15-16H2,1-4H3,(H,25,29)(H,26,30). The topological polar surface area (TPSA) is 64.7 Å². The predicted octanol–water partition coefficient (Wildman–Crippen LogP) is 3.12. The van der Waals surface area contributed by atoms with Crippen LogP contribution in [0.4, 0.5) is 11.4 Å². The SMILES string of the molecule is Cc1ccc(C)c(NC(=O)CN2CCN(CC(=O)Nc3cccc(C)c3C)CC2)c1. The van der Waals surface area contributed by atoms with Crippen molar-refractivity contribution in [2.24, 2.45) is 0 Å². The van der Waals surface area contributed by atoms with E-state index in [1.54, 1.807) is 0 Å². The molecular weight excluding hydrogens is 376 g/mol. The highest BCUT2D eigenvalue weighted by Crippen LogP contribution is 2.18. The molecule has 1 aliphatic heterocycles. The lowest BCUT2D eigenvalue weighted by atomic mass is 10.1. The molecule has 0 atom stereocenters. The molecule has 2 aromatic rings. The van der Waals surface area contributed by atoms with Gasteiger partial charge in [-0.2, -0.15) is 0 Å². The van der Waals surface area contributed by atoms with Gasteiger partial charge in [0.15, 0.2) is 0 Å². The number of rotatable bonds is 6. The summed E-state index contributed by atoms with van der Waals surface area (Å²) in [5, 5.41) is 6.04. The van der Waals surface area contributed by atoms with E-state index in [2.05, 4.69) is 20.4 Å². The first-order valence-electron chi connectivity index (χ1n) is 10.5. The average molecular weight is 409 g/mol. The van der Waals surface area contributed by atoms with Crippen molar-refractivity contribution in [1.82, 2.24) is 9.80 Å². The van der Waals surface area contributed by atoms with Crippen LogP contribution in [-0.2, 0) is 9.59 Å². The Kier molecular flexibility index (Phi) is 7.24. The van der Waals surface area contributed by atoms with Crippen LogP contribution in [0, 0.1) is 27.7 Å². The van der Waals surface area contributed by atoms with Crippen molar-refractivity contribution in [1.29, 1.82) is 0 Å². The summed E-state index contributed by atoms with van der Waals surface area (Å²) in [6, 6.07) is 12.0. The minimum Gasteiger partial charge on any atom is -0.325 e. The van der Waals surface area contributed by atoms with Gasteiger partial charge in [0, 0.05) is 37.6 Å². The van der Waals surface area contributed by atoms with Crippen LogP contribution in [0.2, 0.25) is 0 Å². The zero-order chi connectivity index (χ0) is 21.7. The molecule has 3 rings (SSSR count). The number of carbonyl (C=O) groups is 2. The van der Waals surface area contributed by atoms with E-state index in [0.29, 0.717) is 13.1 Å². The molecule has 6 heteroatoms. The number of nitrogens with one attached hydrogen (secondary N) is 2. The number of aryl methyl sites for hydroxylation is 3. The fraction of sp³-hybridized carbons (Fsp3) is 0.417. The molecule has 6 nitrogen and oxygen atoms in total. The molecule has 1 heterocycles. The van der Waals surface area contributed by atoms with E-state index in [-0.39, 0.29) is 11.8 Å². The zero-order valence-corrected chi connectivity index (χ0v) is 18.4. The van der Waals surface area contributed by atoms with Crippen molar-refractivity contribution in [3.8, 4) is 0 Å². The molecular formula is C24H32N4O2. The molecule has 0 aromatic heterocycles. The maximum absolute atomic E-state index is 12.4. The number of piperazine rings is 1. The smallest absolute Gasteiger partial charge is 0.238 e. The fourth-order valence-corrected chi connectivity index (χ4v) is 3.65. The largest absolute Gasteiger partial charge is 0.325 e. The lowest BCUT2D eigenvalue weighted by Gasteiger charge is -2.33. The van der Waals surface area contributed by atoms with Crippen LogP contribution >= 0.6 is 0 Å². The molecule has 0 aliphatic carbocycles. The van der Waals surface area contributed by atoms with Crippen LogP contribution in [-0.4, -0.2) is 60.9 Å². The minimum absolute atomic E-state index is 0.00446. The van der Waals surface area contributed by atoms with E-state index in [4.69, 9.17) is 0 Å². The summed E-state index contributed by atoms with van der Waals surface area (Å²) in [5.41, 5.74) is 6.21. The second-order valence-electron chi connectivity index (χ2n) is 8.21. The third kappa shape index (κ3) is 5.90. The van der Waals surface area contributed by atoms with Gasteiger partial charge in [0.25, 0.3) is 0 Å². The van der Waals surface area contributed by atoms with Gasteiger partial charge in [0.2, 0.25) is 11.8 Å². The molecule has 0 bridgehead atoms. The number of anilines is 2. The van der Waals surface area contributed by atoms with Crippen LogP contribution in [0.15, 0.2) is 36.4 Å². The third-order valence-electron chi connectivity index (χ3n) is 5.75. The Morgan fingerprint density at radius 3 is 1.93 bits per heavy atom. The first-order chi connectivity index (χ1) is 14.3. The van der Waals surface area contributed by atoms with E-state index >= 15 is 0 Å². The summed E-state index contributed by atoms with van der Waals surface area (Å²) in [7, 11) is 0. The number of carbonyl (C=O) groups excluding carboxylic acids is 2. The van der Waals surface area contributed by atoms with Gasteiger partial charge in [0.05, 0.1) is 13.1 Å². The second-order valence-corrected chi connectivity index (χ2v) is 8.21. The van der Waals surface area contributed by atoms with E-state index < -0.39 is 0 Å². The van der Waals surface area contributed by atoms with E-state index in [0.717, 1.165) is 54.2 Å². The van der Waals surface area contributed by atoms with Crippen LogP contribution in [0.25, 0.3) is 0 Å². The maximum Gasteiger partial charge on any atom is 0.238 e. The van der Waals surface area contributed by atoms with Crippen molar-refractivity contribution in [2.75, 3.05) is 49.9 Å². The minimum atomic E-state index is 0.00446. The molecule has 1 aliphatic rings. The number of nitrogens with zero attached hydrogens (tertiary/aromatic N) is 2. The molecule has 2 amide bonds. The Morgan fingerprint density at radius 1 is 0.767 bits per heavy atom. The first-order valence-corrected chi connectivity index (χ1v) is 10.5. The fourth-order valence-electron chi connectivity index (χ4n) is 3.65. The van der Waals surface area contributed by atoms with Crippen molar-refractivity contribution in [3.63, 3.8) is 0 Å². The lowest BCUT2D eigenvalue weighted by Crippen LogP contribution is -2.50. The van der Waals surface area contributed by atoms with Crippen molar-refractivity contribution < 1.29 is 9.59 Å². The molecule has 0 radical (unpaired) electrons. The summed E-state index contributed by atoms with van der Waals surface area (Å²) in [6.45, 7) is 11.9. The van der Waals surface area contributed by atoms with Crippen LogP contribution in [0.3, 0.4) is 0 Å². The molecule has 0 unspecified atom stereocenters. The number of hydrogen-bond donors (Lipinski definition) is 2. The Hall–Kier alpha value is -2.70. The molecule has 2 aromatic carbocycles. The second kappa shape index (κ2) is 9.87. The van der Waals surface area contributed by atoms with Crippen molar-refractivity contribution in [2.45, 2.75) is 27.7 Å². The molecule has 1 fully saturated rings. The lowest BCUT2D eigenvalue weighted by molar-refractivity contribution is -0.120. The molecule has 30 heavy (non-hydrogen) atoms.